The topological polar surface area (TPSA) is 20.3 Å². The van der Waals surface area contributed by atoms with E-state index in [-0.39, 0.29) is 0 Å². The summed E-state index contributed by atoms with van der Waals surface area (Å²) in [5.41, 5.74) is 1.32. The first-order valence-corrected chi connectivity index (χ1v) is 5.72. The van der Waals surface area contributed by atoms with Crippen molar-refractivity contribution in [2.75, 3.05) is 13.1 Å². The van der Waals surface area contributed by atoms with E-state index < -0.39 is 0 Å². The first-order valence-electron chi connectivity index (χ1n) is 4.78. The Kier molecular flexibility index (Phi) is 3.22. The summed E-state index contributed by atoms with van der Waals surface area (Å²) in [4.78, 5) is 11.0. The van der Waals surface area contributed by atoms with Crippen molar-refractivity contribution in [2.24, 2.45) is 0 Å². The maximum atomic E-state index is 11.0. The van der Waals surface area contributed by atoms with E-state index in [4.69, 9.17) is 0 Å². The van der Waals surface area contributed by atoms with Gasteiger partial charge in [-0.2, -0.15) is 0 Å². The van der Waals surface area contributed by atoms with Crippen LogP contribution in [0.4, 0.5) is 0 Å². The molecule has 0 amide bonds. The van der Waals surface area contributed by atoms with Crippen molar-refractivity contribution in [2.45, 2.75) is 12.2 Å². The van der Waals surface area contributed by atoms with Gasteiger partial charge in [-0.15, -0.1) is 0 Å². The van der Waals surface area contributed by atoms with E-state index in [1.54, 1.807) is 11.9 Å². The van der Waals surface area contributed by atoms with Crippen LogP contribution in [0.25, 0.3) is 0 Å². The van der Waals surface area contributed by atoms with Crippen LogP contribution in [0.2, 0.25) is 0 Å². The molecule has 0 aromatic heterocycles. The number of benzene rings is 1. The van der Waals surface area contributed by atoms with Crippen LogP contribution < -0.4 is 0 Å². The minimum Gasteiger partial charge on any atom is -0.298 e. The molecular weight excluding hydrogens is 194 g/mol. The Balaban J connectivity index is 1.80. The summed E-state index contributed by atoms with van der Waals surface area (Å²) in [6, 6.07) is 10.3. The molecule has 1 heterocycles. The van der Waals surface area contributed by atoms with E-state index in [9.17, 15) is 4.79 Å². The van der Waals surface area contributed by atoms with Crippen molar-refractivity contribution >= 4 is 17.7 Å². The average molecular weight is 207 g/mol. The fourth-order valence-electron chi connectivity index (χ4n) is 1.45. The zero-order valence-electron chi connectivity index (χ0n) is 7.98. The van der Waals surface area contributed by atoms with Crippen LogP contribution in [-0.4, -0.2) is 23.2 Å². The molecule has 0 spiro atoms. The highest BCUT2D eigenvalue weighted by atomic mass is 32.2. The highest BCUT2D eigenvalue weighted by molar-refractivity contribution is 7.96. The fraction of sp³-hybridized carbons (Fsp3) is 0.364. The molecule has 0 N–H and O–H groups in total. The Morgan fingerprint density at radius 3 is 2.71 bits per heavy atom. The van der Waals surface area contributed by atoms with Crippen molar-refractivity contribution in [3.63, 3.8) is 0 Å². The average Bonchev–Trinajstić information content (AvgIpc) is 2.63. The number of ketones is 1. The van der Waals surface area contributed by atoms with E-state index in [1.807, 2.05) is 18.2 Å². The summed E-state index contributed by atoms with van der Waals surface area (Å²) in [6.45, 7) is 1.54. The normalized spacial score (nSPS) is 17.6. The van der Waals surface area contributed by atoms with E-state index >= 15 is 0 Å². The van der Waals surface area contributed by atoms with Crippen molar-refractivity contribution in [1.29, 1.82) is 0 Å². The Hall–Kier alpha value is -0.800. The van der Waals surface area contributed by atoms with Crippen molar-refractivity contribution < 1.29 is 4.79 Å². The highest BCUT2D eigenvalue weighted by Gasteiger charge is 2.19. The van der Waals surface area contributed by atoms with Crippen molar-refractivity contribution in [1.82, 2.24) is 4.31 Å². The van der Waals surface area contributed by atoms with Crippen LogP contribution in [0, 0.1) is 0 Å². The molecular formula is C11H13NOS. The number of nitrogens with zero attached hydrogens (tertiary/aromatic N) is 1. The van der Waals surface area contributed by atoms with Crippen LogP contribution in [0.1, 0.15) is 12.0 Å². The molecule has 1 saturated heterocycles. The molecule has 2 nitrogen and oxygen atoms in total. The summed E-state index contributed by atoms with van der Waals surface area (Å²) >= 11 is 1.75. The first kappa shape index (κ1) is 9.74. The maximum absolute atomic E-state index is 11.0. The molecule has 14 heavy (non-hydrogen) atoms. The molecule has 1 aliphatic heterocycles. The lowest BCUT2D eigenvalue weighted by molar-refractivity contribution is -0.116. The summed E-state index contributed by atoms with van der Waals surface area (Å²) < 4.78 is 2.15. The zero-order chi connectivity index (χ0) is 9.80. The van der Waals surface area contributed by atoms with Gasteiger partial charge in [0, 0.05) is 18.7 Å². The van der Waals surface area contributed by atoms with Gasteiger partial charge in [-0.05, 0) is 5.56 Å². The minimum atomic E-state index is 0.366. The second-order valence-electron chi connectivity index (χ2n) is 3.41. The molecule has 1 aliphatic rings. The third-order valence-corrected chi connectivity index (χ3v) is 3.39. The summed E-state index contributed by atoms with van der Waals surface area (Å²) in [7, 11) is 0. The quantitative estimate of drug-likeness (QED) is 0.708. The molecule has 0 aliphatic carbocycles. The van der Waals surface area contributed by atoms with Gasteiger partial charge in [0.05, 0.1) is 6.54 Å². The number of hydrogen-bond acceptors (Lipinski definition) is 3. The van der Waals surface area contributed by atoms with Gasteiger partial charge in [0.1, 0.15) is 5.78 Å². The van der Waals surface area contributed by atoms with Gasteiger partial charge in [-0.1, -0.05) is 42.3 Å². The third-order valence-electron chi connectivity index (χ3n) is 2.25. The van der Waals surface area contributed by atoms with Gasteiger partial charge in [0.25, 0.3) is 0 Å². The minimum absolute atomic E-state index is 0.366. The van der Waals surface area contributed by atoms with Crippen molar-refractivity contribution in [3.05, 3.63) is 35.9 Å². The van der Waals surface area contributed by atoms with Crippen LogP contribution >= 0.6 is 11.9 Å². The van der Waals surface area contributed by atoms with Gasteiger partial charge < -0.3 is 0 Å². The second kappa shape index (κ2) is 4.62. The number of hydrogen-bond donors (Lipinski definition) is 0. The summed E-state index contributed by atoms with van der Waals surface area (Å²) in [6.07, 6.45) is 0.724. The molecule has 74 valence electrons. The number of carbonyl (C=O) groups excluding carboxylic acids is 1. The van der Waals surface area contributed by atoms with Crippen LogP contribution in [0.5, 0.6) is 0 Å². The number of carbonyl (C=O) groups is 1. The maximum Gasteiger partial charge on any atom is 0.149 e. The van der Waals surface area contributed by atoms with E-state index in [2.05, 4.69) is 16.4 Å². The van der Waals surface area contributed by atoms with E-state index in [1.165, 1.54) is 5.56 Å². The van der Waals surface area contributed by atoms with Gasteiger partial charge in [0.15, 0.2) is 0 Å². The van der Waals surface area contributed by atoms with Crippen LogP contribution in [0.15, 0.2) is 30.3 Å². The predicted octanol–water partition coefficient (Wildman–Crippen LogP) is 2.11. The molecule has 1 aromatic carbocycles. The molecule has 0 radical (unpaired) electrons. The largest absolute Gasteiger partial charge is 0.298 e. The van der Waals surface area contributed by atoms with Gasteiger partial charge >= 0.3 is 0 Å². The molecule has 0 saturated carbocycles. The Morgan fingerprint density at radius 2 is 2.07 bits per heavy atom. The van der Waals surface area contributed by atoms with Gasteiger partial charge in [0.2, 0.25) is 0 Å². The lowest BCUT2D eigenvalue weighted by atomic mass is 10.2. The summed E-state index contributed by atoms with van der Waals surface area (Å²) in [5.74, 6) is 1.33. The molecule has 1 fully saturated rings. The number of rotatable bonds is 3. The Labute approximate surface area is 88.4 Å². The molecule has 0 bridgehead atoms. The predicted molar refractivity (Wildman–Crippen MR) is 58.9 cm³/mol. The fourth-order valence-corrected chi connectivity index (χ4v) is 2.43. The molecule has 1 aromatic rings. The smallest absolute Gasteiger partial charge is 0.149 e. The lowest BCUT2D eigenvalue weighted by Crippen LogP contribution is -2.11. The van der Waals surface area contributed by atoms with Crippen LogP contribution in [0.3, 0.4) is 0 Å². The summed E-state index contributed by atoms with van der Waals surface area (Å²) in [5, 5.41) is 0. The molecule has 0 unspecified atom stereocenters. The lowest BCUT2D eigenvalue weighted by Gasteiger charge is -2.11. The SMILES string of the molecule is O=C1CCN(SCc2ccccc2)C1. The standard InChI is InChI=1S/C11H13NOS/c13-11-6-7-12(8-11)14-9-10-4-2-1-3-5-10/h1-5H,6-9H2. The van der Waals surface area contributed by atoms with Gasteiger partial charge in [-0.3, -0.25) is 4.79 Å². The highest BCUT2D eigenvalue weighted by Crippen LogP contribution is 2.20. The van der Waals surface area contributed by atoms with Crippen LogP contribution in [-0.2, 0) is 10.5 Å². The Bertz CT molecular complexity index is 312. The van der Waals surface area contributed by atoms with E-state index in [0.717, 1.165) is 18.7 Å². The Morgan fingerprint density at radius 1 is 1.29 bits per heavy atom. The zero-order valence-corrected chi connectivity index (χ0v) is 8.80. The third kappa shape index (κ3) is 2.59. The van der Waals surface area contributed by atoms with E-state index in [0.29, 0.717) is 12.3 Å². The van der Waals surface area contributed by atoms with Crippen molar-refractivity contribution in [3.8, 4) is 0 Å². The van der Waals surface area contributed by atoms with Gasteiger partial charge in [-0.25, -0.2) is 4.31 Å². The monoisotopic (exact) mass is 207 g/mol. The molecule has 0 atom stereocenters. The first-order chi connectivity index (χ1) is 6.84. The second-order valence-corrected chi connectivity index (χ2v) is 4.47. The molecule has 3 heteroatoms. The number of Topliss-reactive ketones (excluding diaryl/α,β-unsaturated/α-hetero) is 1. The molecule has 2 rings (SSSR count).